The zero-order chi connectivity index (χ0) is 12.6. The van der Waals surface area contributed by atoms with Crippen LogP contribution in [0.3, 0.4) is 0 Å². The normalized spacial score (nSPS) is 21.9. The molecule has 1 aliphatic rings. The van der Waals surface area contributed by atoms with Crippen molar-refractivity contribution >= 4 is 5.69 Å². The molecule has 1 aliphatic heterocycles. The van der Waals surface area contributed by atoms with E-state index in [1.54, 1.807) is 0 Å². The molecule has 17 heavy (non-hydrogen) atoms. The zero-order valence-corrected chi connectivity index (χ0v) is 11.5. The maximum Gasteiger partial charge on any atom is 0.120 e. The summed E-state index contributed by atoms with van der Waals surface area (Å²) in [6.45, 7) is 10.9. The maximum atomic E-state index is 5.75. The lowest BCUT2D eigenvalue weighted by Gasteiger charge is -2.37. The average Bonchev–Trinajstić information content (AvgIpc) is 2.16. The SMILES string of the molecule is CC(C)Oc1ccc2c(c1)C(C)CC(C)(C)N2. The molecular formula is C15H23NO. The monoisotopic (exact) mass is 233 g/mol. The topological polar surface area (TPSA) is 21.3 Å². The first-order chi connectivity index (χ1) is 7.87. The van der Waals surface area contributed by atoms with E-state index in [1.807, 2.05) is 0 Å². The number of ether oxygens (including phenoxy) is 1. The van der Waals surface area contributed by atoms with Crippen LogP contribution >= 0.6 is 0 Å². The van der Waals surface area contributed by atoms with Crippen LogP contribution in [0.15, 0.2) is 18.2 Å². The molecule has 2 rings (SSSR count). The molecule has 0 fully saturated rings. The third-order valence-corrected chi connectivity index (χ3v) is 3.22. The lowest BCUT2D eigenvalue weighted by atomic mass is 9.82. The summed E-state index contributed by atoms with van der Waals surface area (Å²) in [5, 5.41) is 3.59. The second-order valence-corrected chi connectivity index (χ2v) is 6.03. The molecule has 94 valence electrons. The second-order valence-electron chi connectivity index (χ2n) is 6.03. The summed E-state index contributed by atoms with van der Waals surface area (Å²) in [6.07, 6.45) is 1.39. The molecule has 0 amide bonds. The number of fused-ring (bicyclic) bond motifs is 1. The third-order valence-electron chi connectivity index (χ3n) is 3.22. The Morgan fingerprint density at radius 2 is 2.06 bits per heavy atom. The molecule has 1 aromatic rings. The minimum Gasteiger partial charge on any atom is -0.491 e. The van der Waals surface area contributed by atoms with Crippen molar-refractivity contribution in [3.63, 3.8) is 0 Å². The van der Waals surface area contributed by atoms with Gasteiger partial charge < -0.3 is 10.1 Å². The molecule has 2 nitrogen and oxygen atoms in total. The van der Waals surface area contributed by atoms with Gasteiger partial charge in [-0.05, 0) is 63.8 Å². The minimum atomic E-state index is 0.187. The molecule has 0 saturated carbocycles. The van der Waals surface area contributed by atoms with E-state index in [0.717, 1.165) is 12.2 Å². The van der Waals surface area contributed by atoms with Crippen LogP contribution in [0.1, 0.15) is 52.5 Å². The number of benzene rings is 1. The Kier molecular flexibility index (Phi) is 3.07. The number of rotatable bonds is 2. The quantitative estimate of drug-likeness (QED) is 0.827. The van der Waals surface area contributed by atoms with E-state index in [1.165, 1.54) is 11.3 Å². The van der Waals surface area contributed by atoms with Crippen LogP contribution in [0.25, 0.3) is 0 Å². The van der Waals surface area contributed by atoms with Gasteiger partial charge in [-0.2, -0.15) is 0 Å². The predicted octanol–water partition coefficient (Wildman–Crippen LogP) is 4.17. The average molecular weight is 233 g/mol. The molecule has 0 saturated heterocycles. The van der Waals surface area contributed by atoms with Gasteiger partial charge in [0.25, 0.3) is 0 Å². The van der Waals surface area contributed by atoms with Gasteiger partial charge >= 0.3 is 0 Å². The van der Waals surface area contributed by atoms with Crippen molar-refractivity contribution in [2.24, 2.45) is 0 Å². The highest BCUT2D eigenvalue weighted by molar-refractivity contribution is 5.59. The summed E-state index contributed by atoms with van der Waals surface area (Å²) in [5.74, 6) is 1.56. The third kappa shape index (κ3) is 2.74. The Hall–Kier alpha value is -1.18. The minimum absolute atomic E-state index is 0.187. The van der Waals surface area contributed by atoms with Gasteiger partial charge in [0.15, 0.2) is 0 Å². The largest absolute Gasteiger partial charge is 0.491 e. The van der Waals surface area contributed by atoms with Gasteiger partial charge in [0.2, 0.25) is 0 Å². The van der Waals surface area contributed by atoms with E-state index in [-0.39, 0.29) is 11.6 Å². The van der Waals surface area contributed by atoms with E-state index in [0.29, 0.717) is 5.92 Å². The van der Waals surface area contributed by atoms with Gasteiger partial charge in [-0.3, -0.25) is 0 Å². The van der Waals surface area contributed by atoms with Gasteiger partial charge in [-0.1, -0.05) is 6.92 Å². The summed E-state index contributed by atoms with van der Waals surface area (Å²) >= 11 is 0. The predicted molar refractivity (Wildman–Crippen MR) is 72.9 cm³/mol. The van der Waals surface area contributed by atoms with Crippen LogP contribution in [-0.4, -0.2) is 11.6 Å². The maximum absolute atomic E-state index is 5.75. The highest BCUT2D eigenvalue weighted by Crippen LogP contribution is 2.40. The van der Waals surface area contributed by atoms with Crippen molar-refractivity contribution in [1.29, 1.82) is 0 Å². The molecule has 1 unspecified atom stereocenters. The summed E-state index contributed by atoms with van der Waals surface area (Å²) < 4.78 is 5.75. The smallest absolute Gasteiger partial charge is 0.120 e. The number of hydrogen-bond acceptors (Lipinski definition) is 2. The number of anilines is 1. The second kappa shape index (κ2) is 4.25. The molecule has 2 heteroatoms. The highest BCUT2D eigenvalue weighted by Gasteiger charge is 2.29. The van der Waals surface area contributed by atoms with Gasteiger partial charge in [0.1, 0.15) is 5.75 Å². The van der Waals surface area contributed by atoms with Crippen molar-refractivity contribution < 1.29 is 4.74 Å². The van der Waals surface area contributed by atoms with Crippen LogP contribution in [-0.2, 0) is 0 Å². The first-order valence-electron chi connectivity index (χ1n) is 6.46. The van der Waals surface area contributed by atoms with Crippen LogP contribution in [0.5, 0.6) is 5.75 Å². The van der Waals surface area contributed by atoms with Crippen molar-refractivity contribution in [1.82, 2.24) is 0 Å². The van der Waals surface area contributed by atoms with Crippen LogP contribution < -0.4 is 10.1 Å². The van der Waals surface area contributed by atoms with Crippen LogP contribution in [0.2, 0.25) is 0 Å². The van der Waals surface area contributed by atoms with Crippen molar-refractivity contribution in [3.8, 4) is 5.75 Å². The Bertz CT molecular complexity index is 409. The molecular weight excluding hydrogens is 210 g/mol. The van der Waals surface area contributed by atoms with Gasteiger partial charge in [-0.25, -0.2) is 0 Å². The zero-order valence-electron chi connectivity index (χ0n) is 11.5. The Morgan fingerprint density at radius 3 is 2.71 bits per heavy atom. The molecule has 1 N–H and O–H groups in total. The fourth-order valence-electron chi connectivity index (χ4n) is 2.70. The van der Waals surface area contributed by atoms with Crippen molar-refractivity contribution in [2.45, 2.75) is 58.6 Å². The van der Waals surface area contributed by atoms with Crippen LogP contribution in [0.4, 0.5) is 5.69 Å². The highest BCUT2D eigenvalue weighted by atomic mass is 16.5. The van der Waals surface area contributed by atoms with E-state index < -0.39 is 0 Å². The summed E-state index contributed by atoms with van der Waals surface area (Å²) in [4.78, 5) is 0. The van der Waals surface area contributed by atoms with E-state index in [2.05, 4.69) is 58.1 Å². The lowest BCUT2D eigenvalue weighted by Crippen LogP contribution is -2.36. The molecule has 1 atom stereocenters. The fourth-order valence-corrected chi connectivity index (χ4v) is 2.70. The Labute approximate surface area is 104 Å². The Balaban J connectivity index is 2.30. The molecule has 0 aliphatic carbocycles. The van der Waals surface area contributed by atoms with Crippen molar-refractivity contribution in [3.05, 3.63) is 23.8 Å². The molecule has 0 bridgehead atoms. The fraction of sp³-hybridized carbons (Fsp3) is 0.600. The number of hydrogen-bond donors (Lipinski definition) is 1. The number of nitrogens with one attached hydrogen (secondary N) is 1. The van der Waals surface area contributed by atoms with Crippen molar-refractivity contribution in [2.75, 3.05) is 5.32 Å². The van der Waals surface area contributed by atoms with Gasteiger partial charge in [0.05, 0.1) is 6.10 Å². The van der Waals surface area contributed by atoms with E-state index in [4.69, 9.17) is 4.74 Å². The van der Waals surface area contributed by atoms with E-state index >= 15 is 0 Å². The Morgan fingerprint density at radius 1 is 1.35 bits per heavy atom. The van der Waals surface area contributed by atoms with E-state index in [9.17, 15) is 0 Å². The molecule has 1 aromatic carbocycles. The lowest BCUT2D eigenvalue weighted by molar-refractivity contribution is 0.242. The first-order valence-corrected chi connectivity index (χ1v) is 6.46. The van der Waals surface area contributed by atoms with Crippen LogP contribution in [0, 0.1) is 0 Å². The van der Waals surface area contributed by atoms with Gasteiger partial charge in [-0.15, -0.1) is 0 Å². The summed E-state index contributed by atoms with van der Waals surface area (Å²) in [6, 6.07) is 6.38. The standard InChI is InChI=1S/C15H23NO/c1-10(2)17-12-6-7-14-13(8-12)11(3)9-15(4,5)16-14/h6-8,10-11,16H,9H2,1-5H3. The molecule has 1 heterocycles. The summed E-state index contributed by atoms with van der Waals surface area (Å²) in [7, 11) is 0. The molecule has 0 radical (unpaired) electrons. The molecule has 0 spiro atoms. The summed E-state index contributed by atoms with van der Waals surface area (Å²) in [5.41, 5.74) is 2.82. The van der Waals surface area contributed by atoms with Gasteiger partial charge in [0, 0.05) is 11.2 Å². The first kappa shape index (κ1) is 12.3. The molecule has 0 aromatic heterocycles.